The summed E-state index contributed by atoms with van der Waals surface area (Å²) in [6, 6.07) is 3.56. The Morgan fingerprint density at radius 1 is 1.35 bits per heavy atom. The molecule has 1 aliphatic rings. The van der Waals surface area contributed by atoms with Crippen LogP contribution in [0.15, 0.2) is 18.3 Å². The number of rotatable bonds is 6. The first-order chi connectivity index (χ1) is 11.0. The first-order valence-corrected chi connectivity index (χ1v) is 8.37. The Morgan fingerprint density at radius 2 is 2.04 bits per heavy atom. The van der Waals surface area contributed by atoms with E-state index < -0.39 is 6.04 Å². The maximum atomic E-state index is 12.0. The molecule has 0 aromatic carbocycles. The van der Waals surface area contributed by atoms with Gasteiger partial charge in [-0.15, -0.1) is 0 Å². The third kappa shape index (κ3) is 5.48. The van der Waals surface area contributed by atoms with Gasteiger partial charge in [0.2, 0.25) is 5.91 Å². The number of hydrogen-bond acceptors (Lipinski definition) is 5. The number of nitrogens with two attached hydrogens (primary N) is 1. The molecule has 0 spiro atoms. The SMILES string of the molecule is CC(C)C[C@H](N)C(=O)NCc1ccnc(N2CCN(C)CC2)c1. The smallest absolute Gasteiger partial charge is 0.237 e. The van der Waals surface area contributed by atoms with Crippen LogP contribution in [0.1, 0.15) is 25.8 Å². The Kier molecular flexibility index (Phi) is 6.36. The van der Waals surface area contributed by atoms with Gasteiger partial charge in [-0.3, -0.25) is 4.79 Å². The Bertz CT molecular complexity index is 511. The van der Waals surface area contributed by atoms with Crippen LogP contribution >= 0.6 is 0 Å². The van der Waals surface area contributed by atoms with E-state index in [0.717, 1.165) is 37.6 Å². The molecule has 0 bridgehead atoms. The molecule has 2 heterocycles. The molecule has 6 heteroatoms. The van der Waals surface area contributed by atoms with Gasteiger partial charge in [-0.2, -0.15) is 0 Å². The van der Waals surface area contributed by atoms with E-state index in [-0.39, 0.29) is 5.91 Å². The van der Waals surface area contributed by atoms with Crippen molar-refractivity contribution in [3.05, 3.63) is 23.9 Å². The van der Waals surface area contributed by atoms with Crippen LogP contribution in [-0.4, -0.2) is 55.1 Å². The molecule has 0 aliphatic carbocycles. The van der Waals surface area contributed by atoms with Gasteiger partial charge in [0.05, 0.1) is 6.04 Å². The molecule has 1 amide bonds. The fourth-order valence-electron chi connectivity index (χ4n) is 2.71. The lowest BCUT2D eigenvalue weighted by Gasteiger charge is -2.33. The van der Waals surface area contributed by atoms with Gasteiger partial charge in [-0.1, -0.05) is 13.8 Å². The number of amides is 1. The first kappa shape index (κ1) is 17.7. The second-order valence-electron chi connectivity index (χ2n) is 6.77. The van der Waals surface area contributed by atoms with E-state index in [1.807, 2.05) is 12.3 Å². The highest BCUT2D eigenvalue weighted by Gasteiger charge is 2.17. The van der Waals surface area contributed by atoms with Crippen molar-refractivity contribution in [2.75, 3.05) is 38.1 Å². The summed E-state index contributed by atoms with van der Waals surface area (Å²) in [6.45, 7) is 8.70. The number of hydrogen-bond donors (Lipinski definition) is 2. The molecule has 1 atom stereocenters. The van der Waals surface area contributed by atoms with Crippen LogP contribution in [0, 0.1) is 5.92 Å². The number of carbonyl (C=O) groups is 1. The molecule has 1 saturated heterocycles. The molecular formula is C17H29N5O. The molecule has 0 saturated carbocycles. The third-order valence-corrected chi connectivity index (χ3v) is 4.17. The highest BCUT2D eigenvalue weighted by atomic mass is 16.2. The maximum Gasteiger partial charge on any atom is 0.237 e. The Labute approximate surface area is 139 Å². The summed E-state index contributed by atoms with van der Waals surface area (Å²) in [7, 11) is 2.14. The van der Waals surface area contributed by atoms with E-state index in [1.165, 1.54) is 0 Å². The molecule has 0 radical (unpaired) electrons. The number of pyridine rings is 1. The first-order valence-electron chi connectivity index (χ1n) is 8.37. The molecule has 6 nitrogen and oxygen atoms in total. The van der Waals surface area contributed by atoms with E-state index in [0.29, 0.717) is 18.9 Å². The molecule has 1 aromatic rings. The second kappa shape index (κ2) is 8.26. The third-order valence-electron chi connectivity index (χ3n) is 4.17. The molecule has 128 valence electrons. The van der Waals surface area contributed by atoms with Crippen molar-refractivity contribution in [2.24, 2.45) is 11.7 Å². The fourth-order valence-corrected chi connectivity index (χ4v) is 2.71. The van der Waals surface area contributed by atoms with E-state index >= 15 is 0 Å². The largest absolute Gasteiger partial charge is 0.354 e. The van der Waals surface area contributed by atoms with Crippen LogP contribution in [0.3, 0.4) is 0 Å². The van der Waals surface area contributed by atoms with Crippen molar-refractivity contribution in [3.8, 4) is 0 Å². The van der Waals surface area contributed by atoms with Crippen LogP contribution in [0.4, 0.5) is 5.82 Å². The van der Waals surface area contributed by atoms with Crippen molar-refractivity contribution in [1.82, 2.24) is 15.2 Å². The van der Waals surface area contributed by atoms with Gasteiger partial charge in [-0.25, -0.2) is 4.98 Å². The second-order valence-corrected chi connectivity index (χ2v) is 6.77. The van der Waals surface area contributed by atoms with Gasteiger partial charge in [0.15, 0.2) is 0 Å². The Hall–Kier alpha value is -1.66. The van der Waals surface area contributed by atoms with Gasteiger partial charge in [0.1, 0.15) is 5.82 Å². The van der Waals surface area contributed by atoms with Crippen molar-refractivity contribution < 1.29 is 4.79 Å². The van der Waals surface area contributed by atoms with Crippen LogP contribution < -0.4 is 16.0 Å². The van der Waals surface area contributed by atoms with Crippen LogP contribution in [0.5, 0.6) is 0 Å². The van der Waals surface area contributed by atoms with Gasteiger partial charge >= 0.3 is 0 Å². The fraction of sp³-hybridized carbons (Fsp3) is 0.647. The normalized spacial score (nSPS) is 17.3. The summed E-state index contributed by atoms with van der Waals surface area (Å²) in [4.78, 5) is 21.1. The predicted molar refractivity (Wildman–Crippen MR) is 93.2 cm³/mol. The lowest BCUT2D eigenvalue weighted by Crippen LogP contribution is -2.44. The highest BCUT2D eigenvalue weighted by molar-refractivity contribution is 5.81. The van der Waals surface area contributed by atoms with Crippen molar-refractivity contribution in [2.45, 2.75) is 32.9 Å². The molecule has 2 rings (SSSR count). The topological polar surface area (TPSA) is 74.5 Å². The van der Waals surface area contributed by atoms with E-state index in [2.05, 4.69) is 47.1 Å². The van der Waals surface area contributed by atoms with E-state index in [4.69, 9.17) is 5.73 Å². The minimum atomic E-state index is -0.436. The summed E-state index contributed by atoms with van der Waals surface area (Å²) >= 11 is 0. The average molecular weight is 319 g/mol. The Balaban J connectivity index is 1.89. The zero-order valence-corrected chi connectivity index (χ0v) is 14.5. The molecule has 1 aliphatic heterocycles. The molecule has 1 fully saturated rings. The molecule has 0 unspecified atom stereocenters. The lowest BCUT2D eigenvalue weighted by molar-refractivity contribution is -0.122. The number of carbonyl (C=O) groups excluding carboxylic acids is 1. The highest BCUT2D eigenvalue weighted by Crippen LogP contribution is 2.14. The van der Waals surface area contributed by atoms with E-state index in [1.54, 1.807) is 0 Å². The molecular weight excluding hydrogens is 290 g/mol. The summed E-state index contributed by atoms with van der Waals surface area (Å²) in [6.07, 6.45) is 2.51. The Morgan fingerprint density at radius 3 is 2.70 bits per heavy atom. The number of piperazine rings is 1. The standard InChI is InChI=1S/C17H29N5O/c1-13(2)10-15(18)17(23)20-12-14-4-5-19-16(11-14)22-8-6-21(3)7-9-22/h4-5,11,13,15H,6-10,12,18H2,1-3H3,(H,20,23)/t15-/m0/s1. The number of nitrogens with one attached hydrogen (secondary N) is 1. The van der Waals surface area contributed by atoms with Gasteiger partial charge < -0.3 is 20.9 Å². The van der Waals surface area contributed by atoms with Crippen molar-refractivity contribution >= 4 is 11.7 Å². The number of aromatic nitrogens is 1. The lowest BCUT2D eigenvalue weighted by atomic mass is 10.0. The zero-order chi connectivity index (χ0) is 16.8. The van der Waals surface area contributed by atoms with Gasteiger partial charge in [0, 0.05) is 38.9 Å². The van der Waals surface area contributed by atoms with E-state index in [9.17, 15) is 4.79 Å². The summed E-state index contributed by atoms with van der Waals surface area (Å²) < 4.78 is 0. The maximum absolute atomic E-state index is 12.0. The molecule has 23 heavy (non-hydrogen) atoms. The van der Waals surface area contributed by atoms with Gasteiger partial charge in [-0.05, 0) is 37.1 Å². The molecule has 3 N–H and O–H groups in total. The zero-order valence-electron chi connectivity index (χ0n) is 14.5. The van der Waals surface area contributed by atoms with Crippen molar-refractivity contribution in [3.63, 3.8) is 0 Å². The molecule has 1 aromatic heterocycles. The predicted octanol–water partition coefficient (Wildman–Crippen LogP) is 0.823. The van der Waals surface area contributed by atoms with Crippen LogP contribution in [-0.2, 0) is 11.3 Å². The average Bonchev–Trinajstić information content (AvgIpc) is 2.53. The summed E-state index contributed by atoms with van der Waals surface area (Å²) in [5, 5.41) is 2.92. The minimum Gasteiger partial charge on any atom is -0.354 e. The van der Waals surface area contributed by atoms with Crippen molar-refractivity contribution in [1.29, 1.82) is 0 Å². The summed E-state index contributed by atoms with van der Waals surface area (Å²) in [5.74, 6) is 1.31. The number of nitrogens with zero attached hydrogens (tertiary/aromatic N) is 3. The number of likely N-dealkylation sites (N-methyl/N-ethyl adjacent to an activating group) is 1. The monoisotopic (exact) mass is 319 g/mol. The van der Waals surface area contributed by atoms with Crippen LogP contribution in [0.2, 0.25) is 0 Å². The van der Waals surface area contributed by atoms with Gasteiger partial charge in [0.25, 0.3) is 0 Å². The van der Waals surface area contributed by atoms with Crippen LogP contribution in [0.25, 0.3) is 0 Å². The number of anilines is 1. The summed E-state index contributed by atoms with van der Waals surface area (Å²) in [5.41, 5.74) is 6.96. The minimum absolute atomic E-state index is 0.0864. The quantitative estimate of drug-likeness (QED) is 0.812.